The van der Waals surface area contributed by atoms with Crippen LogP contribution < -0.4 is 0 Å². The number of aliphatic carboxylic acids is 1. The van der Waals surface area contributed by atoms with Crippen LogP contribution in [-0.4, -0.2) is 11.1 Å². The molecule has 0 radical (unpaired) electrons. The van der Waals surface area contributed by atoms with E-state index in [0.717, 1.165) is 5.56 Å². The maximum atomic E-state index is 13.2. The standard InChI is InChI=1S/C11H10BrFO2/c12-8-2-1-7(5-9(8)13)6-11(3-4-11)10(14)15/h1-2,5H,3-4,6H2,(H,14,15). The zero-order valence-electron chi connectivity index (χ0n) is 7.96. The summed E-state index contributed by atoms with van der Waals surface area (Å²) in [5, 5.41) is 8.99. The van der Waals surface area contributed by atoms with Crippen LogP contribution in [0, 0.1) is 11.2 Å². The topological polar surface area (TPSA) is 37.3 Å². The Bertz CT molecular complexity index is 413. The molecule has 1 saturated carbocycles. The molecule has 2 rings (SSSR count). The molecule has 1 aromatic rings. The Morgan fingerprint density at radius 3 is 2.67 bits per heavy atom. The van der Waals surface area contributed by atoms with E-state index in [9.17, 15) is 9.18 Å². The summed E-state index contributed by atoms with van der Waals surface area (Å²) in [6.45, 7) is 0. The molecule has 1 aromatic carbocycles. The summed E-state index contributed by atoms with van der Waals surface area (Å²) in [5.41, 5.74) is 0.121. The highest BCUT2D eigenvalue weighted by atomic mass is 79.9. The minimum Gasteiger partial charge on any atom is -0.481 e. The van der Waals surface area contributed by atoms with Gasteiger partial charge < -0.3 is 5.11 Å². The van der Waals surface area contributed by atoms with Crippen molar-refractivity contribution >= 4 is 21.9 Å². The van der Waals surface area contributed by atoms with E-state index < -0.39 is 11.4 Å². The highest BCUT2D eigenvalue weighted by molar-refractivity contribution is 9.10. The van der Waals surface area contributed by atoms with Crippen LogP contribution in [0.1, 0.15) is 18.4 Å². The Morgan fingerprint density at radius 1 is 1.53 bits per heavy atom. The highest BCUT2D eigenvalue weighted by Crippen LogP contribution is 2.48. The van der Waals surface area contributed by atoms with Gasteiger partial charge in [-0.2, -0.15) is 0 Å². The third-order valence-corrected chi connectivity index (χ3v) is 3.48. The van der Waals surface area contributed by atoms with Crippen LogP contribution >= 0.6 is 15.9 Å². The molecule has 0 saturated heterocycles. The fourth-order valence-electron chi connectivity index (χ4n) is 1.66. The molecular weight excluding hydrogens is 263 g/mol. The van der Waals surface area contributed by atoms with Crippen molar-refractivity contribution in [2.75, 3.05) is 0 Å². The minimum atomic E-state index is -0.772. The van der Waals surface area contributed by atoms with Crippen molar-refractivity contribution in [3.05, 3.63) is 34.1 Å². The van der Waals surface area contributed by atoms with Crippen molar-refractivity contribution < 1.29 is 14.3 Å². The first-order valence-electron chi connectivity index (χ1n) is 4.71. The lowest BCUT2D eigenvalue weighted by molar-refractivity contribution is -0.143. The predicted molar refractivity (Wildman–Crippen MR) is 57.1 cm³/mol. The summed E-state index contributed by atoms with van der Waals surface area (Å²) in [5.74, 6) is -1.11. The number of hydrogen-bond donors (Lipinski definition) is 1. The lowest BCUT2D eigenvalue weighted by atomic mass is 9.97. The van der Waals surface area contributed by atoms with E-state index in [4.69, 9.17) is 5.11 Å². The maximum Gasteiger partial charge on any atom is 0.309 e. The fraction of sp³-hybridized carbons (Fsp3) is 0.364. The fourth-order valence-corrected chi connectivity index (χ4v) is 1.90. The van der Waals surface area contributed by atoms with Gasteiger partial charge in [0.1, 0.15) is 5.82 Å². The average Bonchev–Trinajstić information content (AvgIpc) is 2.93. The van der Waals surface area contributed by atoms with Gasteiger partial charge >= 0.3 is 5.97 Å². The van der Waals surface area contributed by atoms with Crippen molar-refractivity contribution in [3.63, 3.8) is 0 Å². The molecule has 4 heteroatoms. The predicted octanol–water partition coefficient (Wildman–Crippen LogP) is 3.00. The number of carboxylic acids is 1. The Labute approximate surface area is 95.2 Å². The van der Waals surface area contributed by atoms with Gasteiger partial charge in [0.2, 0.25) is 0 Å². The summed E-state index contributed by atoms with van der Waals surface area (Å²) in [6.07, 6.45) is 1.81. The highest BCUT2D eigenvalue weighted by Gasteiger charge is 2.49. The van der Waals surface area contributed by atoms with E-state index >= 15 is 0 Å². The largest absolute Gasteiger partial charge is 0.481 e. The van der Waals surface area contributed by atoms with E-state index in [-0.39, 0.29) is 5.82 Å². The molecule has 0 bridgehead atoms. The molecule has 1 aliphatic carbocycles. The Balaban J connectivity index is 2.18. The molecular formula is C11H10BrFO2. The minimum absolute atomic E-state index is 0.339. The van der Waals surface area contributed by atoms with E-state index in [1.165, 1.54) is 6.07 Å². The van der Waals surface area contributed by atoms with Gasteiger partial charge in [0.15, 0.2) is 0 Å². The van der Waals surface area contributed by atoms with Crippen molar-refractivity contribution in [3.8, 4) is 0 Å². The van der Waals surface area contributed by atoms with Gasteiger partial charge in [0.05, 0.1) is 9.89 Å². The lowest BCUT2D eigenvalue weighted by Gasteiger charge is -2.09. The van der Waals surface area contributed by atoms with Crippen LogP contribution in [-0.2, 0) is 11.2 Å². The van der Waals surface area contributed by atoms with Crippen molar-refractivity contribution in [1.82, 2.24) is 0 Å². The first-order valence-corrected chi connectivity index (χ1v) is 5.50. The molecule has 0 unspecified atom stereocenters. The summed E-state index contributed by atoms with van der Waals surface area (Å²) in [7, 11) is 0. The van der Waals surface area contributed by atoms with E-state index in [1.807, 2.05) is 0 Å². The van der Waals surface area contributed by atoms with Gasteiger partial charge in [-0.3, -0.25) is 4.79 Å². The van der Waals surface area contributed by atoms with Crippen LogP contribution in [0.2, 0.25) is 0 Å². The van der Waals surface area contributed by atoms with Gasteiger partial charge in [-0.05, 0) is 52.9 Å². The Hall–Kier alpha value is -0.900. The monoisotopic (exact) mass is 272 g/mol. The Morgan fingerprint density at radius 2 is 2.20 bits per heavy atom. The molecule has 1 aliphatic rings. The first-order chi connectivity index (χ1) is 7.03. The third kappa shape index (κ3) is 2.04. The number of rotatable bonds is 3. The second-order valence-corrected chi connectivity index (χ2v) is 4.87. The molecule has 80 valence electrons. The van der Waals surface area contributed by atoms with Gasteiger partial charge in [-0.25, -0.2) is 4.39 Å². The summed E-state index contributed by atoms with van der Waals surface area (Å²) >= 11 is 3.06. The van der Waals surface area contributed by atoms with Crippen molar-refractivity contribution in [2.45, 2.75) is 19.3 Å². The SMILES string of the molecule is O=C(O)C1(Cc2ccc(Br)c(F)c2)CC1. The number of carbonyl (C=O) groups is 1. The van der Waals surface area contributed by atoms with Crippen molar-refractivity contribution in [2.24, 2.45) is 5.41 Å². The zero-order chi connectivity index (χ0) is 11.1. The molecule has 0 atom stereocenters. The number of halogens is 2. The van der Waals surface area contributed by atoms with Crippen LogP contribution in [0.25, 0.3) is 0 Å². The number of carboxylic acid groups (broad SMARTS) is 1. The van der Waals surface area contributed by atoms with E-state index in [1.54, 1.807) is 12.1 Å². The smallest absolute Gasteiger partial charge is 0.309 e. The molecule has 0 aliphatic heterocycles. The lowest BCUT2D eigenvalue weighted by Crippen LogP contribution is -2.17. The zero-order valence-corrected chi connectivity index (χ0v) is 9.55. The molecule has 15 heavy (non-hydrogen) atoms. The van der Waals surface area contributed by atoms with Crippen LogP contribution in [0.5, 0.6) is 0 Å². The van der Waals surface area contributed by atoms with E-state index in [2.05, 4.69) is 15.9 Å². The summed E-state index contributed by atoms with van der Waals surface area (Å²) in [6, 6.07) is 4.77. The Kier molecular flexibility index (Phi) is 2.54. The van der Waals surface area contributed by atoms with Gasteiger partial charge in [-0.1, -0.05) is 6.07 Å². The molecule has 0 amide bonds. The van der Waals surface area contributed by atoms with Crippen LogP contribution in [0.15, 0.2) is 22.7 Å². The van der Waals surface area contributed by atoms with Crippen LogP contribution in [0.4, 0.5) is 4.39 Å². The van der Waals surface area contributed by atoms with Crippen LogP contribution in [0.3, 0.4) is 0 Å². The summed E-state index contributed by atoms with van der Waals surface area (Å²) < 4.78 is 13.6. The first kappa shape index (κ1) is 10.6. The maximum absolute atomic E-state index is 13.2. The summed E-state index contributed by atoms with van der Waals surface area (Å²) in [4.78, 5) is 10.9. The molecule has 0 spiro atoms. The van der Waals surface area contributed by atoms with Gasteiger partial charge in [0, 0.05) is 0 Å². The van der Waals surface area contributed by atoms with Gasteiger partial charge in [-0.15, -0.1) is 0 Å². The van der Waals surface area contributed by atoms with E-state index in [0.29, 0.717) is 23.7 Å². The normalized spacial score (nSPS) is 17.5. The molecule has 1 N–H and O–H groups in total. The number of hydrogen-bond acceptors (Lipinski definition) is 1. The molecule has 1 fully saturated rings. The third-order valence-electron chi connectivity index (χ3n) is 2.83. The van der Waals surface area contributed by atoms with Gasteiger partial charge in [0.25, 0.3) is 0 Å². The molecule has 0 aromatic heterocycles. The quantitative estimate of drug-likeness (QED) is 0.919. The van der Waals surface area contributed by atoms with Crippen molar-refractivity contribution in [1.29, 1.82) is 0 Å². The second kappa shape index (κ2) is 3.59. The average molecular weight is 273 g/mol. The second-order valence-electron chi connectivity index (χ2n) is 4.01. The number of benzene rings is 1. The molecule has 2 nitrogen and oxygen atoms in total. The molecule has 0 heterocycles.